The van der Waals surface area contributed by atoms with Gasteiger partial charge < -0.3 is 20.3 Å². The molecule has 0 unspecified atom stereocenters. The van der Waals surface area contributed by atoms with Gasteiger partial charge in [-0.2, -0.15) is 0 Å². The molecule has 0 spiro atoms. The van der Waals surface area contributed by atoms with Gasteiger partial charge >= 0.3 is 6.03 Å². The van der Waals surface area contributed by atoms with E-state index in [2.05, 4.69) is 10.6 Å². The number of urea groups is 1. The maximum absolute atomic E-state index is 12.4. The van der Waals surface area contributed by atoms with E-state index in [9.17, 15) is 9.59 Å². The number of amides is 3. The molecule has 0 aliphatic carbocycles. The van der Waals surface area contributed by atoms with E-state index in [-0.39, 0.29) is 24.4 Å². The van der Waals surface area contributed by atoms with Crippen LogP contribution in [-0.2, 0) is 4.79 Å². The molecule has 2 aromatic rings. The minimum Gasteiger partial charge on any atom is -0.497 e. The topological polar surface area (TPSA) is 70.7 Å². The standard InChI is InChI=1S/C21H25N3O3/c1-13-8-14(2)20(15(3)9-13)23-21(26)22-16-10-19(25)24(12-16)17-6-5-7-18(11-17)27-4/h5-9,11,16H,10,12H2,1-4H3,(H2,22,23,26)/t16-/m0/s1. The Kier molecular flexibility index (Phi) is 5.35. The fourth-order valence-corrected chi connectivity index (χ4v) is 3.54. The number of carbonyl (C=O) groups excluding carboxylic acids is 2. The zero-order chi connectivity index (χ0) is 19.6. The number of nitrogens with zero attached hydrogens (tertiary/aromatic N) is 1. The number of nitrogens with one attached hydrogen (secondary N) is 2. The van der Waals surface area contributed by atoms with Crippen molar-refractivity contribution >= 4 is 23.3 Å². The van der Waals surface area contributed by atoms with E-state index < -0.39 is 0 Å². The Morgan fingerprint density at radius 3 is 2.52 bits per heavy atom. The molecule has 1 fully saturated rings. The molecule has 6 heteroatoms. The average Bonchev–Trinajstić information content (AvgIpc) is 2.98. The molecule has 1 heterocycles. The molecule has 6 nitrogen and oxygen atoms in total. The average molecular weight is 367 g/mol. The number of aryl methyl sites for hydroxylation is 3. The molecule has 0 aromatic heterocycles. The molecule has 142 valence electrons. The Hall–Kier alpha value is -3.02. The highest BCUT2D eigenvalue weighted by molar-refractivity contribution is 5.98. The molecular weight excluding hydrogens is 342 g/mol. The van der Waals surface area contributed by atoms with Crippen molar-refractivity contribution in [2.75, 3.05) is 23.9 Å². The third-order valence-electron chi connectivity index (χ3n) is 4.74. The van der Waals surface area contributed by atoms with Gasteiger partial charge in [0.25, 0.3) is 0 Å². The maximum Gasteiger partial charge on any atom is 0.319 e. The van der Waals surface area contributed by atoms with Crippen molar-refractivity contribution in [2.45, 2.75) is 33.2 Å². The monoisotopic (exact) mass is 367 g/mol. The predicted molar refractivity (Wildman–Crippen MR) is 107 cm³/mol. The van der Waals surface area contributed by atoms with E-state index in [0.29, 0.717) is 12.3 Å². The van der Waals surface area contributed by atoms with Gasteiger partial charge in [-0.05, 0) is 44.0 Å². The van der Waals surface area contributed by atoms with Gasteiger partial charge in [-0.1, -0.05) is 23.8 Å². The molecule has 2 N–H and O–H groups in total. The van der Waals surface area contributed by atoms with E-state index >= 15 is 0 Å². The summed E-state index contributed by atoms with van der Waals surface area (Å²) in [5, 5.41) is 5.83. The van der Waals surface area contributed by atoms with Crippen LogP contribution in [-0.4, -0.2) is 31.6 Å². The SMILES string of the molecule is COc1cccc(N2C[C@@H](NC(=O)Nc3c(C)cc(C)cc3C)CC2=O)c1. The second kappa shape index (κ2) is 7.70. The van der Waals surface area contributed by atoms with Crippen molar-refractivity contribution in [3.63, 3.8) is 0 Å². The van der Waals surface area contributed by atoms with Crippen LogP contribution in [0.15, 0.2) is 36.4 Å². The molecule has 1 aliphatic heterocycles. The van der Waals surface area contributed by atoms with Gasteiger partial charge in [0.1, 0.15) is 5.75 Å². The number of rotatable bonds is 4. The quantitative estimate of drug-likeness (QED) is 0.868. The van der Waals surface area contributed by atoms with Crippen LogP contribution in [0, 0.1) is 20.8 Å². The van der Waals surface area contributed by atoms with Gasteiger partial charge in [-0.25, -0.2) is 4.79 Å². The van der Waals surface area contributed by atoms with Crippen LogP contribution in [0.25, 0.3) is 0 Å². The van der Waals surface area contributed by atoms with Crippen molar-refractivity contribution in [3.8, 4) is 5.75 Å². The lowest BCUT2D eigenvalue weighted by atomic mass is 10.1. The summed E-state index contributed by atoms with van der Waals surface area (Å²) in [4.78, 5) is 26.5. The van der Waals surface area contributed by atoms with E-state index in [1.165, 1.54) is 0 Å². The fourth-order valence-electron chi connectivity index (χ4n) is 3.54. The summed E-state index contributed by atoms with van der Waals surface area (Å²) in [5.74, 6) is 0.677. The van der Waals surface area contributed by atoms with Crippen molar-refractivity contribution in [1.29, 1.82) is 0 Å². The van der Waals surface area contributed by atoms with Gasteiger partial charge in [0, 0.05) is 30.4 Å². The highest BCUT2D eigenvalue weighted by Crippen LogP contribution is 2.26. The third kappa shape index (κ3) is 4.22. The largest absolute Gasteiger partial charge is 0.497 e. The molecular formula is C21H25N3O3. The van der Waals surface area contributed by atoms with Crippen LogP contribution < -0.4 is 20.3 Å². The Labute approximate surface area is 159 Å². The van der Waals surface area contributed by atoms with Crippen LogP contribution in [0.4, 0.5) is 16.2 Å². The summed E-state index contributed by atoms with van der Waals surface area (Å²) in [6, 6.07) is 10.9. The Bertz CT molecular complexity index is 856. The molecule has 1 atom stereocenters. The van der Waals surface area contributed by atoms with Gasteiger partial charge in [0.05, 0.1) is 13.2 Å². The van der Waals surface area contributed by atoms with E-state index in [4.69, 9.17) is 4.74 Å². The third-order valence-corrected chi connectivity index (χ3v) is 4.74. The molecule has 0 saturated carbocycles. The first kappa shape index (κ1) is 18.8. The summed E-state index contributed by atoms with van der Waals surface area (Å²) in [6.07, 6.45) is 0.274. The molecule has 3 rings (SSSR count). The van der Waals surface area contributed by atoms with Crippen molar-refractivity contribution in [3.05, 3.63) is 53.1 Å². The van der Waals surface area contributed by atoms with E-state index in [1.54, 1.807) is 12.0 Å². The summed E-state index contributed by atoms with van der Waals surface area (Å²) in [6.45, 7) is 6.41. The normalized spacial score (nSPS) is 16.4. The smallest absolute Gasteiger partial charge is 0.319 e. The van der Waals surface area contributed by atoms with Crippen LogP contribution in [0.1, 0.15) is 23.1 Å². The highest BCUT2D eigenvalue weighted by Gasteiger charge is 2.31. The highest BCUT2D eigenvalue weighted by atomic mass is 16.5. The Morgan fingerprint density at radius 1 is 1.15 bits per heavy atom. The summed E-state index contributed by atoms with van der Waals surface area (Å²) >= 11 is 0. The molecule has 1 aliphatic rings. The summed E-state index contributed by atoms with van der Waals surface area (Å²) in [5.41, 5.74) is 4.78. The lowest BCUT2D eigenvalue weighted by Crippen LogP contribution is -2.40. The van der Waals surface area contributed by atoms with Gasteiger partial charge in [0.2, 0.25) is 5.91 Å². The number of carbonyl (C=O) groups is 2. The number of benzene rings is 2. The Morgan fingerprint density at radius 2 is 1.85 bits per heavy atom. The van der Waals surface area contributed by atoms with Crippen LogP contribution in [0.2, 0.25) is 0 Å². The number of ether oxygens (including phenoxy) is 1. The minimum absolute atomic E-state index is 0.0174. The first-order chi connectivity index (χ1) is 12.9. The van der Waals surface area contributed by atoms with Crippen LogP contribution in [0.3, 0.4) is 0 Å². The number of anilines is 2. The minimum atomic E-state index is -0.296. The number of hydrogen-bond acceptors (Lipinski definition) is 3. The zero-order valence-corrected chi connectivity index (χ0v) is 16.1. The molecule has 0 bridgehead atoms. The molecule has 3 amide bonds. The number of hydrogen-bond donors (Lipinski definition) is 2. The van der Waals surface area contributed by atoms with Crippen molar-refractivity contribution < 1.29 is 14.3 Å². The first-order valence-electron chi connectivity index (χ1n) is 8.97. The maximum atomic E-state index is 12.4. The Balaban J connectivity index is 1.65. The molecule has 2 aromatic carbocycles. The predicted octanol–water partition coefficient (Wildman–Crippen LogP) is 3.55. The fraction of sp³-hybridized carbons (Fsp3) is 0.333. The van der Waals surface area contributed by atoms with E-state index in [0.717, 1.165) is 28.1 Å². The summed E-state index contributed by atoms with van der Waals surface area (Å²) < 4.78 is 5.22. The molecule has 1 saturated heterocycles. The molecule has 27 heavy (non-hydrogen) atoms. The van der Waals surface area contributed by atoms with Gasteiger partial charge in [-0.3, -0.25) is 4.79 Å². The zero-order valence-electron chi connectivity index (χ0n) is 16.1. The van der Waals surface area contributed by atoms with E-state index in [1.807, 2.05) is 57.2 Å². The second-order valence-electron chi connectivity index (χ2n) is 6.98. The molecule has 0 radical (unpaired) electrons. The van der Waals surface area contributed by atoms with Crippen molar-refractivity contribution in [1.82, 2.24) is 5.32 Å². The lowest BCUT2D eigenvalue weighted by Gasteiger charge is -2.19. The summed E-state index contributed by atoms with van der Waals surface area (Å²) in [7, 11) is 1.59. The van der Waals surface area contributed by atoms with Gasteiger partial charge in [0.15, 0.2) is 0 Å². The van der Waals surface area contributed by atoms with Crippen molar-refractivity contribution in [2.24, 2.45) is 0 Å². The van der Waals surface area contributed by atoms with Crippen LogP contribution >= 0.6 is 0 Å². The van der Waals surface area contributed by atoms with Crippen LogP contribution in [0.5, 0.6) is 5.75 Å². The lowest BCUT2D eigenvalue weighted by molar-refractivity contribution is -0.117. The number of methoxy groups -OCH3 is 1. The van der Waals surface area contributed by atoms with Gasteiger partial charge in [-0.15, -0.1) is 0 Å². The second-order valence-corrected chi connectivity index (χ2v) is 6.98. The first-order valence-corrected chi connectivity index (χ1v) is 8.97.